The molecule has 0 saturated heterocycles. The first kappa shape index (κ1) is 26.4. The molecule has 3 amide bonds. The van der Waals surface area contributed by atoms with Crippen LogP contribution >= 0.6 is 0 Å². The van der Waals surface area contributed by atoms with Gasteiger partial charge in [0.2, 0.25) is 17.7 Å². The summed E-state index contributed by atoms with van der Waals surface area (Å²) in [7, 11) is 0. The molecule has 0 bridgehead atoms. The number of aliphatic imine (C=N–C) groups is 1. The zero-order chi connectivity index (χ0) is 24.1. The minimum absolute atomic E-state index is 0.109. The SMILES string of the molecule is CC(N)C(=O)NC(Cc1ccccc1)C(=O)NC(CCCN=C(N)N)C(=O)NCC(=O)O. The van der Waals surface area contributed by atoms with Gasteiger partial charge in [-0.1, -0.05) is 30.3 Å². The Morgan fingerprint density at radius 2 is 1.62 bits per heavy atom. The Balaban J connectivity index is 2.95. The molecular weight excluding hydrogens is 418 g/mol. The monoisotopic (exact) mass is 449 g/mol. The molecule has 12 nitrogen and oxygen atoms in total. The van der Waals surface area contributed by atoms with Gasteiger partial charge in [0.05, 0.1) is 6.04 Å². The third-order valence-corrected chi connectivity index (χ3v) is 4.32. The van der Waals surface area contributed by atoms with Gasteiger partial charge in [-0.15, -0.1) is 0 Å². The number of carbonyl (C=O) groups excluding carboxylic acids is 3. The van der Waals surface area contributed by atoms with Gasteiger partial charge in [-0.05, 0) is 25.3 Å². The molecule has 0 heterocycles. The van der Waals surface area contributed by atoms with Crippen molar-refractivity contribution in [1.82, 2.24) is 16.0 Å². The Labute approximate surface area is 186 Å². The fourth-order valence-corrected chi connectivity index (χ4v) is 2.69. The van der Waals surface area contributed by atoms with E-state index in [0.717, 1.165) is 5.56 Å². The summed E-state index contributed by atoms with van der Waals surface area (Å²) in [5.74, 6) is -3.15. The van der Waals surface area contributed by atoms with Crippen molar-refractivity contribution in [3.05, 3.63) is 35.9 Å². The molecule has 0 aromatic heterocycles. The number of benzene rings is 1. The summed E-state index contributed by atoms with van der Waals surface area (Å²) in [5.41, 5.74) is 16.9. The fraction of sp³-hybridized carbons (Fsp3) is 0.450. The van der Waals surface area contributed by atoms with Gasteiger partial charge in [-0.3, -0.25) is 24.2 Å². The predicted molar refractivity (Wildman–Crippen MR) is 118 cm³/mol. The van der Waals surface area contributed by atoms with Gasteiger partial charge in [0, 0.05) is 13.0 Å². The van der Waals surface area contributed by atoms with Crippen LogP contribution in [0.15, 0.2) is 35.3 Å². The molecule has 0 aliphatic heterocycles. The average molecular weight is 450 g/mol. The standard InChI is InChI=1S/C20H31N7O5/c1-12(21)17(30)27-15(10-13-6-3-2-4-7-13)19(32)26-14(8-5-9-24-20(22)23)18(31)25-11-16(28)29/h2-4,6-7,12,14-15H,5,8-11,21H2,1H3,(H,25,31)(H,26,32)(H,27,30)(H,28,29)(H4,22,23,24). The highest BCUT2D eigenvalue weighted by Crippen LogP contribution is 2.06. The maximum Gasteiger partial charge on any atom is 0.322 e. The summed E-state index contributed by atoms with van der Waals surface area (Å²) < 4.78 is 0. The molecule has 0 radical (unpaired) electrons. The summed E-state index contributed by atoms with van der Waals surface area (Å²) in [6, 6.07) is 6.11. The number of amides is 3. The van der Waals surface area contributed by atoms with E-state index in [-0.39, 0.29) is 25.3 Å². The predicted octanol–water partition coefficient (Wildman–Crippen LogP) is -2.20. The Kier molecular flexibility index (Phi) is 11.2. The number of carboxylic acid groups (broad SMARTS) is 1. The number of carbonyl (C=O) groups is 4. The highest BCUT2D eigenvalue weighted by atomic mass is 16.4. The highest BCUT2D eigenvalue weighted by Gasteiger charge is 2.27. The molecule has 10 N–H and O–H groups in total. The smallest absolute Gasteiger partial charge is 0.322 e. The van der Waals surface area contributed by atoms with Crippen molar-refractivity contribution >= 4 is 29.7 Å². The summed E-state index contributed by atoms with van der Waals surface area (Å²) in [6.07, 6.45) is 0.661. The lowest BCUT2D eigenvalue weighted by Gasteiger charge is -2.23. The van der Waals surface area contributed by atoms with E-state index in [1.165, 1.54) is 6.92 Å². The first-order valence-corrected chi connectivity index (χ1v) is 10.0. The van der Waals surface area contributed by atoms with Crippen LogP contribution in [0.4, 0.5) is 0 Å². The van der Waals surface area contributed by atoms with Gasteiger partial charge >= 0.3 is 5.97 Å². The number of nitrogens with zero attached hydrogens (tertiary/aromatic N) is 1. The molecule has 176 valence electrons. The lowest BCUT2D eigenvalue weighted by atomic mass is 10.0. The van der Waals surface area contributed by atoms with Crippen LogP contribution < -0.4 is 33.2 Å². The Bertz CT molecular complexity index is 810. The van der Waals surface area contributed by atoms with E-state index in [1.54, 1.807) is 24.3 Å². The van der Waals surface area contributed by atoms with Gasteiger partial charge in [0.25, 0.3) is 0 Å². The number of carboxylic acids is 1. The van der Waals surface area contributed by atoms with E-state index in [2.05, 4.69) is 20.9 Å². The number of rotatable bonds is 13. The van der Waals surface area contributed by atoms with E-state index in [9.17, 15) is 19.2 Å². The Hall–Kier alpha value is -3.67. The maximum atomic E-state index is 13.0. The number of nitrogens with one attached hydrogen (secondary N) is 3. The molecule has 12 heteroatoms. The van der Waals surface area contributed by atoms with Crippen LogP contribution in [-0.4, -0.2) is 66.0 Å². The zero-order valence-electron chi connectivity index (χ0n) is 17.9. The molecule has 1 rings (SSSR count). The Morgan fingerprint density at radius 1 is 1.00 bits per heavy atom. The van der Waals surface area contributed by atoms with Crippen LogP contribution in [0, 0.1) is 0 Å². The summed E-state index contributed by atoms with van der Waals surface area (Å²) in [4.78, 5) is 52.1. The third-order valence-electron chi connectivity index (χ3n) is 4.32. The quantitative estimate of drug-likeness (QED) is 0.0993. The lowest BCUT2D eigenvalue weighted by Crippen LogP contribution is -2.56. The van der Waals surface area contributed by atoms with Gasteiger partial charge in [-0.2, -0.15) is 0 Å². The van der Waals surface area contributed by atoms with Gasteiger partial charge in [-0.25, -0.2) is 0 Å². The van der Waals surface area contributed by atoms with Gasteiger partial charge < -0.3 is 38.3 Å². The molecule has 1 aromatic rings. The first-order chi connectivity index (χ1) is 15.1. The van der Waals surface area contributed by atoms with Crippen molar-refractivity contribution in [3.8, 4) is 0 Å². The second kappa shape index (κ2) is 13.6. The second-order valence-electron chi connectivity index (χ2n) is 7.16. The van der Waals surface area contributed by atoms with Crippen LogP contribution in [0.25, 0.3) is 0 Å². The Morgan fingerprint density at radius 3 is 2.19 bits per heavy atom. The molecule has 0 spiro atoms. The molecule has 3 atom stereocenters. The molecular formula is C20H31N7O5. The van der Waals surface area contributed by atoms with Crippen molar-refractivity contribution in [2.75, 3.05) is 13.1 Å². The van der Waals surface area contributed by atoms with Gasteiger partial charge in [0.15, 0.2) is 5.96 Å². The van der Waals surface area contributed by atoms with E-state index >= 15 is 0 Å². The fourth-order valence-electron chi connectivity index (χ4n) is 2.69. The summed E-state index contributed by atoms with van der Waals surface area (Å²) in [5, 5.41) is 16.2. The van der Waals surface area contributed by atoms with Crippen molar-refractivity contribution in [2.24, 2.45) is 22.2 Å². The van der Waals surface area contributed by atoms with Crippen LogP contribution in [0.1, 0.15) is 25.3 Å². The molecule has 3 unspecified atom stereocenters. The van der Waals surface area contributed by atoms with Crippen molar-refractivity contribution < 1.29 is 24.3 Å². The average Bonchev–Trinajstić information content (AvgIpc) is 2.73. The number of hydrogen-bond acceptors (Lipinski definition) is 6. The third kappa shape index (κ3) is 10.4. The number of aliphatic carboxylic acids is 1. The topological polar surface area (TPSA) is 215 Å². The number of nitrogens with two attached hydrogens (primary N) is 3. The van der Waals surface area contributed by atoms with Crippen LogP contribution in [0.3, 0.4) is 0 Å². The molecule has 0 aliphatic carbocycles. The van der Waals surface area contributed by atoms with E-state index in [4.69, 9.17) is 22.3 Å². The van der Waals surface area contributed by atoms with Crippen molar-refractivity contribution in [1.29, 1.82) is 0 Å². The molecule has 0 aliphatic rings. The van der Waals surface area contributed by atoms with Gasteiger partial charge in [0.1, 0.15) is 18.6 Å². The minimum atomic E-state index is -1.23. The summed E-state index contributed by atoms with van der Waals surface area (Å²) >= 11 is 0. The van der Waals surface area contributed by atoms with E-state index < -0.39 is 48.4 Å². The van der Waals surface area contributed by atoms with Crippen molar-refractivity contribution in [3.63, 3.8) is 0 Å². The van der Waals surface area contributed by atoms with Crippen LogP contribution in [-0.2, 0) is 25.6 Å². The second-order valence-corrected chi connectivity index (χ2v) is 7.16. The van der Waals surface area contributed by atoms with E-state index in [1.807, 2.05) is 6.07 Å². The first-order valence-electron chi connectivity index (χ1n) is 10.0. The van der Waals surface area contributed by atoms with E-state index in [0.29, 0.717) is 6.42 Å². The zero-order valence-corrected chi connectivity index (χ0v) is 17.9. The van der Waals surface area contributed by atoms with Crippen molar-refractivity contribution in [2.45, 2.75) is 44.3 Å². The lowest BCUT2D eigenvalue weighted by molar-refractivity contribution is -0.138. The number of hydrogen-bond donors (Lipinski definition) is 7. The van der Waals surface area contributed by atoms with Crippen LogP contribution in [0.5, 0.6) is 0 Å². The molecule has 0 fully saturated rings. The molecule has 1 aromatic carbocycles. The number of guanidine groups is 1. The normalized spacial score (nSPS) is 13.2. The molecule has 32 heavy (non-hydrogen) atoms. The highest BCUT2D eigenvalue weighted by molar-refractivity contribution is 5.93. The summed E-state index contributed by atoms with van der Waals surface area (Å²) in [6.45, 7) is 1.10. The largest absolute Gasteiger partial charge is 0.480 e. The maximum absolute atomic E-state index is 13.0. The minimum Gasteiger partial charge on any atom is -0.480 e. The van der Waals surface area contributed by atoms with Crippen LogP contribution in [0.2, 0.25) is 0 Å². The molecule has 0 saturated carbocycles.